The second kappa shape index (κ2) is 6.70. The molecule has 1 N–H and O–H groups in total. The van der Waals surface area contributed by atoms with Crippen LogP contribution in [0.25, 0.3) is 0 Å². The summed E-state index contributed by atoms with van der Waals surface area (Å²) in [4.78, 5) is 13.1. The number of nitrogens with zero attached hydrogens (tertiary/aromatic N) is 4. The lowest BCUT2D eigenvalue weighted by Gasteiger charge is -2.31. The highest BCUT2D eigenvalue weighted by molar-refractivity contribution is 5.47. The van der Waals surface area contributed by atoms with Crippen LogP contribution in [-0.4, -0.2) is 55.6 Å². The van der Waals surface area contributed by atoms with E-state index in [9.17, 15) is 0 Å². The van der Waals surface area contributed by atoms with Gasteiger partial charge in [0.1, 0.15) is 18.0 Å². The number of hydrogen-bond acceptors (Lipinski definition) is 5. The quantitative estimate of drug-likeness (QED) is 0.876. The zero-order valence-corrected chi connectivity index (χ0v) is 12.3. The maximum absolute atomic E-state index is 4.33. The fourth-order valence-corrected chi connectivity index (χ4v) is 2.69. The highest BCUT2D eigenvalue weighted by atomic mass is 15.2. The van der Waals surface area contributed by atoms with E-state index in [1.807, 2.05) is 13.1 Å². The SMILES string of the molecule is CNc1cc(N(C)CCC2CCCN(C)C2)ncn1. The Labute approximate surface area is 116 Å². The minimum Gasteiger partial charge on any atom is -0.373 e. The topological polar surface area (TPSA) is 44.3 Å². The van der Waals surface area contributed by atoms with Crippen LogP contribution < -0.4 is 10.2 Å². The molecule has 5 heteroatoms. The van der Waals surface area contributed by atoms with Crippen molar-refractivity contribution in [2.75, 3.05) is 51.0 Å². The normalized spacial score (nSPS) is 20.3. The minimum absolute atomic E-state index is 0.826. The van der Waals surface area contributed by atoms with E-state index >= 15 is 0 Å². The second-order valence-electron chi connectivity index (χ2n) is 5.49. The molecule has 0 amide bonds. The van der Waals surface area contributed by atoms with Gasteiger partial charge in [0, 0.05) is 33.3 Å². The molecule has 2 heterocycles. The molecule has 1 aromatic rings. The van der Waals surface area contributed by atoms with Gasteiger partial charge in [0.2, 0.25) is 0 Å². The molecule has 1 aliphatic rings. The fourth-order valence-electron chi connectivity index (χ4n) is 2.69. The largest absolute Gasteiger partial charge is 0.373 e. The van der Waals surface area contributed by atoms with Gasteiger partial charge in [-0.3, -0.25) is 0 Å². The van der Waals surface area contributed by atoms with E-state index in [0.717, 1.165) is 24.1 Å². The standard InChI is InChI=1S/C14H25N5/c1-15-13-9-14(17-11-16-13)19(3)8-6-12-5-4-7-18(2)10-12/h9,11-12H,4-8,10H2,1-3H3,(H,15,16,17). The first kappa shape index (κ1) is 14.1. The minimum atomic E-state index is 0.826. The zero-order valence-electron chi connectivity index (χ0n) is 12.3. The van der Waals surface area contributed by atoms with Crippen LogP contribution in [0, 0.1) is 5.92 Å². The van der Waals surface area contributed by atoms with Gasteiger partial charge < -0.3 is 15.1 Å². The first-order chi connectivity index (χ1) is 9.19. The van der Waals surface area contributed by atoms with E-state index in [1.54, 1.807) is 6.33 Å². The van der Waals surface area contributed by atoms with Crippen LogP contribution in [0.1, 0.15) is 19.3 Å². The maximum atomic E-state index is 4.33. The summed E-state index contributed by atoms with van der Waals surface area (Å²) < 4.78 is 0. The molecule has 1 atom stereocenters. The smallest absolute Gasteiger partial charge is 0.133 e. The Balaban J connectivity index is 1.84. The van der Waals surface area contributed by atoms with Gasteiger partial charge >= 0.3 is 0 Å². The van der Waals surface area contributed by atoms with Crippen molar-refractivity contribution in [1.29, 1.82) is 0 Å². The summed E-state index contributed by atoms with van der Waals surface area (Å²) in [7, 11) is 6.21. The number of aromatic nitrogens is 2. The third-order valence-electron chi connectivity index (χ3n) is 3.89. The average Bonchev–Trinajstić information content (AvgIpc) is 2.45. The molecule has 1 fully saturated rings. The summed E-state index contributed by atoms with van der Waals surface area (Å²) >= 11 is 0. The van der Waals surface area contributed by atoms with Gasteiger partial charge in [0.25, 0.3) is 0 Å². The van der Waals surface area contributed by atoms with E-state index in [-0.39, 0.29) is 0 Å². The third kappa shape index (κ3) is 4.06. The molecule has 2 rings (SSSR count). The Morgan fingerprint density at radius 3 is 3.05 bits per heavy atom. The molecule has 0 aliphatic carbocycles. The predicted molar refractivity (Wildman–Crippen MR) is 79.7 cm³/mol. The molecule has 0 saturated carbocycles. The number of anilines is 2. The van der Waals surface area contributed by atoms with Crippen LogP contribution in [-0.2, 0) is 0 Å². The van der Waals surface area contributed by atoms with Crippen molar-refractivity contribution in [3.63, 3.8) is 0 Å². The van der Waals surface area contributed by atoms with Crippen molar-refractivity contribution < 1.29 is 0 Å². The van der Waals surface area contributed by atoms with Crippen molar-refractivity contribution >= 4 is 11.6 Å². The van der Waals surface area contributed by atoms with Gasteiger partial charge in [-0.15, -0.1) is 0 Å². The van der Waals surface area contributed by atoms with Crippen molar-refractivity contribution in [1.82, 2.24) is 14.9 Å². The van der Waals surface area contributed by atoms with Crippen LogP contribution in [0.4, 0.5) is 11.6 Å². The van der Waals surface area contributed by atoms with E-state index in [0.29, 0.717) is 0 Å². The third-order valence-corrected chi connectivity index (χ3v) is 3.89. The van der Waals surface area contributed by atoms with Crippen molar-refractivity contribution in [2.45, 2.75) is 19.3 Å². The Kier molecular flexibility index (Phi) is 4.96. The Morgan fingerprint density at radius 1 is 1.47 bits per heavy atom. The summed E-state index contributed by atoms with van der Waals surface area (Å²) in [6, 6.07) is 1.99. The summed E-state index contributed by atoms with van der Waals surface area (Å²) in [6.45, 7) is 3.54. The second-order valence-corrected chi connectivity index (χ2v) is 5.49. The fraction of sp³-hybridized carbons (Fsp3) is 0.714. The molecule has 1 unspecified atom stereocenters. The molecule has 106 valence electrons. The molecule has 19 heavy (non-hydrogen) atoms. The van der Waals surface area contributed by atoms with E-state index in [1.165, 1.54) is 32.4 Å². The Morgan fingerprint density at radius 2 is 2.32 bits per heavy atom. The van der Waals surface area contributed by atoms with Crippen LogP contribution in [0.15, 0.2) is 12.4 Å². The van der Waals surface area contributed by atoms with E-state index < -0.39 is 0 Å². The average molecular weight is 263 g/mol. The van der Waals surface area contributed by atoms with Crippen LogP contribution in [0.3, 0.4) is 0 Å². The first-order valence-corrected chi connectivity index (χ1v) is 7.08. The molecule has 5 nitrogen and oxygen atoms in total. The highest BCUT2D eigenvalue weighted by Crippen LogP contribution is 2.20. The van der Waals surface area contributed by atoms with Gasteiger partial charge in [-0.05, 0) is 38.8 Å². The van der Waals surface area contributed by atoms with Crippen LogP contribution in [0.2, 0.25) is 0 Å². The van der Waals surface area contributed by atoms with Gasteiger partial charge in [0.05, 0.1) is 0 Å². The number of nitrogens with one attached hydrogen (secondary N) is 1. The molecule has 1 saturated heterocycles. The number of piperidine rings is 1. The number of rotatable bonds is 5. The Hall–Kier alpha value is -1.36. The van der Waals surface area contributed by atoms with Crippen LogP contribution in [0.5, 0.6) is 0 Å². The Bertz CT molecular complexity index is 395. The number of hydrogen-bond donors (Lipinski definition) is 1. The monoisotopic (exact) mass is 263 g/mol. The molecule has 1 aliphatic heterocycles. The summed E-state index contributed by atoms with van der Waals surface area (Å²) in [5.41, 5.74) is 0. The first-order valence-electron chi connectivity index (χ1n) is 7.08. The lowest BCUT2D eigenvalue weighted by atomic mass is 9.95. The van der Waals surface area contributed by atoms with E-state index in [2.05, 4.69) is 39.2 Å². The predicted octanol–water partition coefficient (Wildman–Crippen LogP) is 1.69. The molecular weight excluding hydrogens is 238 g/mol. The maximum Gasteiger partial charge on any atom is 0.133 e. The molecule has 1 aromatic heterocycles. The van der Waals surface area contributed by atoms with Crippen molar-refractivity contribution in [3.8, 4) is 0 Å². The molecular formula is C14H25N5. The van der Waals surface area contributed by atoms with Gasteiger partial charge in [-0.25, -0.2) is 9.97 Å². The summed E-state index contributed by atoms with van der Waals surface area (Å²) in [6.07, 6.45) is 5.55. The van der Waals surface area contributed by atoms with Gasteiger partial charge in [0.15, 0.2) is 0 Å². The molecule has 0 aromatic carbocycles. The highest BCUT2D eigenvalue weighted by Gasteiger charge is 2.17. The zero-order chi connectivity index (χ0) is 13.7. The lowest BCUT2D eigenvalue weighted by molar-refractivity contribution is 0.203. The van der Waals surface area contributed by atoms with Gasteiger partial charge in [-0.1, -0.05) is 0 Å². The summed E-state index contributed by atoms with van der Waals surface area (Å²) in [5, 5.41) is 3.05. The molecule has 0 spiro atoms. The van der Waals surface area contributed by atoms with Crippen LogP contribution >= 0.6 is 0 Å². The van der Waals surface area contributed by atoms with E-state index in [4.69, 9.17) is 0 Å². The molecule has 0 bridgehead atoms. The number of likely N-dealkylation sites (tertiary alicyclic amines) is 1. The van der Waals surface area contributed by atoms with Gasteiger partial charge in [-0.2, -0.15) is 0 Å². The van der Waals surface area contributed by atoms with Crippen molar-refractivity contribution in [2.24, 2.45) is 5.92 Å². The summed E-state index contributed by atoms with van der Waals surface area (Å²) in [5.74, 6) is 2.68. The lowest BCUT2D eigenvalue weighted by Crippen LogP contribution is -2.34. The molecule has 0 radical (unpaired) electrons. The van der Waals surface area contributed by atoms with Crippen molar-refractivity contribution in [3.05, 3.63) is 12.4 Å².